The van der Waals surface area contributed by atoms with Gasteiger partial charge in [0.1, 0.15) is 0 Å². The molecule has 0 amide bonds. The molecule has 0 atom stereocenters. The first kappa shape index (κ1) is 26.2. The molecular weight excluding hydrogens is 452 g/mol. The van der Waals surface area contributed by atoms with Gasteiger partial charge in [-0.3, -0.25) is 20.0 Å². The first-order chi connectivity index (χ1) is 17.8. The van der Waals surface area contributed by atoms with Crippen LogP contribution in [0.3, 0.4) is 0 Å². The second-order valence-corrected chi connectivity index (χ2v) is 10.2. The van der Waals surface area contributed by atoms with E-state index in [2.05, 4.69) is 75.8 Å². The molecule has 0 spiro atoms. The summed E-state index contributed by atoms with van der Waals surface area (Å²) in [6.45, 7) is 13.2. The third kappa shape index (κ3) is 6.65. The van der Waals surface area contributed by atoms with Crippen molar-refractivity contribution in [3.05, 3.63) is 118 Å². The maximum atomic E-state index is 4.94. The minimum Gasteiger partial charge on any atom is -0.255 e. The number of benzene rings is 2. The lowest BCUT2D eigenvalue weighted by molar-refractivity contribution is 0.829. The van der Waals surface area contributed by atoms with Crippen molar-refractivity contribution in [3.63, 3.8) is 0 Å². The highest BCUT2D eigenvalue weighted by Gasteiger charge is 2.16. The maximum absolute atomic E-state index is 4.94. The number of aromatic nitrogens is 2. The molecule has 0 saturated heterocycles. The van der Waals surface area contributed by atoms with E-state index in [1.165, 1.54) is 33.4 Å². The predicted molar refractivity (Wildman–Crippen MR) is 156 cm³/mol. The molecule has 4 nitrogen and oxygen atoms in total. The van der Waals surface area contributed by atoms with Crippen molar-refractivity contribution < 1.29 is 0 Å². The van der Waals surface area contributed by atoms with E-state index < -0.39 is 0 Å². The Balaban J connectivity index is 1.66. The molecule has 0 bridgehead atoms. The summed E-state index contributed by atoms with van der Waals surface area (Å²) in [5, 5.41) is 0. The fraction of sp³-hybridized carbons (Fsp3) is 0.273. The van der Waals surface area contributed by atoms with Crippen LogP contribution in [0.15, 0.2) is 83.0 Å². The summed E-state index contributed by atoms with van der Waals surface area (Å²) in [6, 6.07) is 20.9. The van der Waals surface area contributed by atoms with Crippen LogP contribution >= 0.6 is 0 Å². The molecule has 0 aliphatic carbocycles. The number of hydrogen-bond acceptors (Lipinski definition) is 4. The van der Waals surface area contributed by atoms with Crippen molar-refractivity contribution in [1.29, 1.82) is 0 Å². The Morgan fingerprint density at radius 3 is 1.54 bits per heavy atom. The topological polar surface area (TPSA) is 50.5 Å². The summed E-state index contributed by atoms with van der Waals surface area (Å²) in [5.74, 6) is 0.722. The highest BCUT2D eigenvalue weighted by atomic mass is 14.8. The van der Waals surface area contributed by atoms with Gasteiger partial charge in [-0.15, -0.1) is 0 Å². The van der Waals surface area contributed by atoms with Gasteiger partial charge in [-0.1, -0.05) is 64.1 Å². The van der Waals surface area contributed by atoms with E-state index in [4.69, 9.17) is 9.98 Å². The van der Waals surface area contributed by atoms with Gasteiger partial charge >= 0.3 is 0 Å². The molecule has 0 aliphatic rings. The second kappa shape index (κ2) is 11.9. The van der Waals surface area contributed by atoms with Crippen LogP contribution in [0.25, 0.3) is 0 Å². The fourth-order valence-corrected chi connectivity index (χ4v) is 4.63. The average molecular weight is 489 g/mol. The van der Waals surface area contributed by atoms with Crippen LogP contribution < -0.4 is 0 Å². The van der Waals surface area contributed by atoms with Crippen molar-refractivity contribution in [2.45, 2.75) is 59.8 Å². The number of nitrogens with zero attached hydrogens (tertiary/aromatic N) is 4. The lowest BCUT2D eigenvalue weighted by Crippen LogP contribution is -2.01. The van der Waals surface area contributed by atoms with Gasteiger partial charge in [-0.25, -0.2) is 0 Å². The number of rotatable bonds is 8. The number of aliphatic imine (C=N–C) groups is 2. The minimum atomic E-state index is 0.361. The Labute approximate surface area is 221 Å². The first-order valence-electron chi connectivity index (χ1n) is 13.0. The highest BCUT2D eigenvalue weighted by molar-refractivity contribution is 5.81. The van der Waals surface area contributed by atoms with E-state index in [0.29, 0.717) is 11.8 Å². The van der Waals surface area contributed by atoms with Gasteiger partial charge in [-0.2, -0.15) is 0 Å². The summed E-state index contributed by atoms with van der Waals surface area (Å²) >= 11 is 0. The van der Waals surface area contributed by atoms with Crippen molar-refractivity contribution in [2.24, 2.45) is 9.98 Å². The van der Waals surface area contributed by atoms with E-state index in [-0.39, 0.29) is 0 Å². The first-order valence-corrected chi connectivity index (χ1v) is 13.0. The standard InChI is InChI=1S/C33H36N4/c1-22(2)30-18-27(19-31(23(3)4)33(30)37-21-29-12-8-10-14-35-29)17-26-15-24(5)32(25(6)16-26)36-20-28-11-7-9-13-34-28/h7-16,18-23H,17H2,1-6H3/b36-20+,37-21+. The van der Waals surface area contributed by atoms with E-state index in [1.54, 1.807) is 12.4 Å². The summed E-state index contributed by atoms with van der Waals surface area (Å²) in [5.41, 5.74) is 11.3. The van der Waals surface area contributed by atoms with Crippen molar-refractivity contribution in [2.75, 3.05) is 0 Å². The van der Waals surface area contributed by atoms with Gasteiger partial charge in [0.05, 0.1) is 35.2 Å². The minimum absolute atomic E-state index is 0.361. The van der Waals surface area contributed by atoms with Crippen LogP contribution in [0.5, 0.6) is 0 Å². The maximum Gasteiger partial charge on any atom is 0.0812 e. The molecule has 0 saturated carbocycles. The third-order valence-corrected chi connectivity index (χ3v) is 6.46. The molecule has 0 N–H and O–H groups in total. The molecule has 2 aromatic carbocycles. The van der Waals surface area contributed by atoms with Crippen LogP contribution in [-0.2, 0) is 6.42 Å². The molecule has 37 heavy (non-hydrogen) atoms. The summed E-state index contributed by atoms with van der Waals surface area (Å²) in [7, 11) is 0. The lowest BCUT2D eigenvalue weighted by atomic mass is 9.88. The number of aryl methyl sites for hydroxylation is 2. The molecule has 4 heteroatoms. The van der Waals surface area contributed by atoms with Crippen molar-refractivity contribution in [1.82, 2.24) is 9.97 Å². The van der Waals surface area contributed by atoms with Gasteiger partial charge < -0.3 is 0 Å². The quantitative estimate of drug-likeness (QED) is 0.234. The molecule has 0 aliphatic heterocycles. The Morgan fingerprint density at radius 1 is 0.649 bits per heavy atom. The third-order valence-electron chi connectivity index (χ3n) is 6.46. The lowest BCUT2D eigenvalue weighted by Gasteiger charge is -2.19. The SMILES string of the molecule is Cc1cc(Cc2cc(C(C)C)c(/N=C/c3ccccn3)c(C(C)C)c2)cc(C)c1/N=C/c1ccccn1. The predicted octanol–water partition coefficient (Wildman–Crippen LogP) is 8.43. The molecule has 0 radical (unpaired) electrons. The Morgan fingerprint density at radius 2 is 1.11 bits per heavy atom. The number of pyridine rings is 2. The molecule has 2 heterocycles. The molecule has 0 unspecified atom stereocenters. The van der Waals surface area contributed by atoms with E-state index >= 15 is 0 Å². The van der Waals surface area contributed by atoms with Crippen molar-refractivity contribution in [3.8, 4) is 0 Å². The normalized spacial score (nSPS) is 11.9. The van der Waals surface area contributed by atoms with Crippen LogP contribution in [0.4, 0.5) is 11.4 Å². The van der Waals surface area contributed by atoms with Gasteiger partial charge in [0.25, 0.3) is 0 Å². The molecule has 4 aromatic rings. The van der Waals surface area contributed by atoms with E-state index in [9.17, 15) is 0 Å². The zero-order chi connectivity index (χ0) is 26.4. The zero-order valence-electron chi connectivity index (χ0n) is 22.7. The summed E-state index contributed by atoms with van der Waals surface area (Å²) < 4.78 is 0. The van der Waals surface area contributed by atoms with Gasteiger partial charge in [0, 0.05) is 12.4 Å². The Hall–Kier alpha value is -3.92. The Kier molecular flexibility index (Phi) is 8.39. The highest BCUT2D eigenvalue weighted by Crippen LogP contribution is 2.37. The summed E-state index contributed by atoms with van der Waals surface area (Å²) in [6.07, 6.45) is 8.18. The van der Waals surface area contributed by atoms with E-state index in [1.807, 2.05) is 48.8 Å². The summed E-state index contributed by atoms with van der Waals surface area (Å²) in [4.78, 5) is 18.4. The Bertz CT molecular complexity index is 1350. The number of hydrogen-bond donors (Lipinski definition) is 0. The van der Waals surface area contributed by atoms with Crippen LogP contribution in [0.1, 0.15) is 84.3 Å². The smallest absolute Gasteiger partial charge is 0.0812 e. The fourth-order valence-electron chi connectivity index (χ4n) is 4.63. The van der Waals surface area contributed by atoms with Gasteiger partial charge in [-0.05, 0) is 89.8 Å². The molecule has 4 rings (SSSR count). The monoisotopic (exact) mass is 488 g/mol. The van der Waals surface area contributed by atoms with Crippen LogP contribution in [0, 0.1) is 13.8 Å². The molecule has 2 aromatic heterocycles. The zero-order valence-corrected chi connectivity index (χ0v) is 22.7. The molecular formula is C33H36N4. The second-order valence-electron chi connectivity index (χ2n) is 10.2. The van der Waals surface area contributed by atoms with Crippen LogP contribution in [0.2, 0.25) is 0 Å². The largest absolute Gasteiger partial charge is 0.255 e. The molecule has 188 valence electrons. The molecule has 0 fully saturated rings. The van der Waals surface area contributed by atoms with Gasteiger partial charge in [0.15, 0.2) is 0 Å². The van der Waals surface area contributed by atoms with Crippen molar-refractivity contribution >= 4 is 23.8 Å². The average Bonchev–Trinajstić information content (AvgIpc) is 2.88. The van der Waals surface area contributed by atoms with Crippen LogP contribution in [-0.4, -0.2) is 22.4 Å². The van der Waals surface area contributed by atoms with Gasteiger partial charge in [0.2, 0.25) is 0 Å². The van der Waals surface area contributed by atoms with E-state index in [0.717, 1.165) is 29.2 Å².